The molecule has 0 saturated carbocycles. The van der Waals surface area contributed by atoms with Gasteiger partial charge in [0.15, 0.2) is 11.5 Å². The molecule has 11 heteroatoms. The fourth-order valence-corrected chi connectivity index (χ4v) is 1.99. The summed E-state index contributed by atoms with van der Waals surface area (Å²) in [4.78, 5) is 31.2. The monoisotopic (exact) mass is 403 g/mol. The highest BCUT2D eigenvalue weighted by atomic mass is 79.9. The number of anilines is 1. The van der Waals surface area contributed by atoms with Crippen molar-refractivity contribution in [2.24, 2.45) is 0 Å². The van der Waals surface area contributed by atoms with Gasteiger partial charge in [0.25, 0.3) is 11.8 Å². The molecule has 1 aromatic carbocycles. The Kier molecular flexibility index (Phi) is 5.02. The molecule has 1 heterocycles. The third-order valence-electron chi connectivity index (χ3n) is 2.75. The highest BCUT2D eigenvalue weighted by molar-refractivity contribution is 9.10. The lowest BCUT2D eigenvalue weighted by atomic mass is 10.1. The maximum Gasteiger partial charge on any atom is 0.417 e. The summed E-state index contributed by atoms with van der Waals surface area (Å²) >= 11 is 2.99. The number of hydrogen-bond acceptors (Lipinski definition) is 5. The van der Waals surface area contributed by atoms with Crippen molar-refractivity contribution in [1.82, 2.24) is 20.8 Å². The van der Waals surface area contributed by atoms with E-state index < -0.39 is 29.1 Å². The number of carbonyl (C=O) groups is 2. The Bertz CT molecular complexity index is 797. The molecule has 0 radical (unpaired) electrons. The second kappa shape index (κ2) is 6.83. The molecular formula is C13H9BrF3N5O2. The van der Waals surface area contributed by atoms with E-state index in [-0.39, 0.29) is 16.1 Å². The number of halogens is 4. The van der Waals surface area contributed by atoms with Gasteiger partial charge >= 0.3 is 6.18 Å². The van der Waals surface area contributed by atoms with Crippen LogP contribution in [-0.4, -0.2) is 21.8 Å². The first-order valence-corrected chi connectivity index (χ1v) is 7.04. The zero-order valence-electron chi connectivity index (χ0n) is 11.7. The Balaban J connectivity index is 2.14. The van der Waals surface area contributed by atoms with Crippen LogP contribution in [0.25, 0.3) is 0 Å². The van der Waals surface area contributed by atoms with E-state index in [4.69, 9.17) is 5.73 Å². The highest BCUT2D eigenvalue weighted by Crippen LogP contribution is 2.31. The van der Waals surface area contributed by atoms with Gasteiger partial charge in [0.05, 0.1) is 17.3 Å². The van der Waals surface area contributed by atoms with Crippen molar-refractivity contribution in [2.75, 3.05) is 5.73 Å². The lowest BCUT2D eigenvalue weighted by Gasteiger charge is -2.13. The normalized spacial score (nSPS) is 11.0. The number of hydrogen-bond donors (Lipinski definition) is 3. The predicted octanol–water partition coefficient (Wildman–Crippen LogP) is 1.91. The summed E-state index contributed by atoms with van der Waals surface area (Å²) in [5, 5.41) is 0. The van der Waals surface area contributed by atoms with E-state index in [0.29, 0.717) is 0 Å². The lowest BCUT2D eigenvalue weighted by molar-refractivity contribution is -0.137. The second-order valence-corrected chi connectivity index (χ2v) is 5.19. The molecule has 0 spiro atoms. The van der Waals surface area contributed by atoms with Crippen molar-refractivity contribution in [1.29, 1.82) is 0 Å². The molecule has 0 aliphatic carbocycles. The van der Waals surface area contributed by atoms with Crippen molar-refractivity contribution < 1.29 is 22.8 Å². The van der Waals surface area contributed by atoms with Crippen LogP contribution in [0.3, 0.4) is 0 Å². The number of nitrogens with zero attached hydrogens (tertiary/aromatic N) is 2. The molecule has 0 unspecified atom stereocenters. The van der Waals surface area contributed by atoms with Crippen LogP contribution in [0.1, 0.15) is 26.4 Å². The van der Waals surface area contributed by atoms with E-state index in [9.17, 15) is 22.8 Å². The van der Waals surface area contributed by atoms with Crippen molar-refractivity contribution in [3.63, 3.8) is 0 Å². The Hall–Kier alpha value is -2.69. The highest BCUT2D eigenvalue weighted by Gasteiger charge is 2.34. The van der Waals surface area contributed by atoms with Gasteiger partial charge in [0.2, 0.25) is 0 Å². The summed E-state index contributed by atoms with van der Waals surface area (Å²) in [6.45, 7) is 0. The van der Waals surface area contributed by atoms with Crippen LogP contribution in [0.5, 0.6) is 0 Å². The number of nitrogens with two attached hydrogens (primary N) is 1. The first kappa shape index (κ1) is 17.7. The van der Waals surface area contributed by atoms with Crippen LogP contribution in [0, 0.1) is 0 Å². The van der Waals surface area contributed by atoms with Gasteiger partial charge in [-0.15, -0.1) is 0 Å². The van der Waals surface area contributed by atoms with Gasteiger partial charge in [-0.05, 0) is 28.1 Å². The van der Waals surface area contributed by atoms with Crippen LogP contribution in [0.15, 0.2) is 35.1 Å². The van der Waals surface area contributed by atoms with Gasteiger partial charge in [-0.1, -0.05) is 12.1 Å². The van der Waals surface area contributed by atoms with E-state index in [1.165, 1.54) is 12.3 Å². The summed E-state index contributed by atoms with van der Waals surface area (Å²) in [6, 6.07) is 4.16. The zero-order valence-corrected chi connectivity index (χ0v) is 13.3. The smallest absolute Gasteiger partial charge is 0.382 e. The van der Waals surface area contributed by atoms with Crippen molar-refractivity contribution >= 4 is 33.6 Å². The first-order chi connectivity index (χ1) is 11.2. The van der Waals surface area contributed by atoms with E-state index >= 15 is 0 Å². The molecule has 0 bridgehead atoms. The molecule has 0 aliphatic rings. The maximum atomic E-state index is 12.9. The number of hydrazine groups is 1. The average Bonchev–Trinajstić information content (AvgIpc) is 2.53. The van der Waals surface area contributed by atoms with E-state index in [2.05, 4.69) is 25.9 Å². The number of amides is 2. The summed E-state index contributed by atoms with van der Waals surface area (Å²) < 4.78 is 38.8. The zero-order chi connectivity index (χ0) is 17.9. The SMILES string of the molecule is Nc1ncc(Br)nc1C(=O)NNC(=O)c1ccccc1C(F)(F)F. The Morgan fingerprint density at radius 3 is 2.42 bits per heavy atom. The molecule has 7 nitrogen and oxygen atoms in total. The average molecular weight is 404 g/mol. The number of carbonyl (C=O) groups excluding carboxylic acids is 2. The molecule has 0 aliphatic heterocycles. The van der Waals surface area contributed by atoms with E-state index in [1.807, 2.05) is 10.9 Å². The molecular weight excluding hydrogens is 395 g/mol. The van der Waals surface area contributed by atoms with Crippen LogP contribution in [0.2, 0.25) is 0 Å². The quantitative estimate of drug-likeness (QED) is 0.663. The van der Waals surface area contributed by atoms with Crippen LogP contribution >= 0.6 is 15.9 Å². The summed E-state index contributed by atoms with van der Waals surface area (Å²) in [5.74, 6) is -2.28. The fraction of sp³-hybridized carbons (Fsp3) is 0.0769. The molecule has 126 valence electrons. The number of alkyl halides is 3. The Morgan fingerprint density at radius 1 is 1.12 bits per heavy atom. The number of nitrogens with one attached hydrogen (secondary N) is 2. The molecule has 1 aromatic heterocycles. The Morgan fingerprint density at radius 2 is 1.75 bits per heavy atom. The molecule has 4 N–H and O–H groups in total. The Labute approximate surface area is 141 Å². The fourth-order valence-electron chi connectivity index (χ4n) is 1.71. The third kappa shape index (κ3) is 3.98. The van der Waals surface area contributed by atoms with E-state index in [0.717, 1.165) is 18.2 Å². The molecule has 0 saturated heterocycles. The molecule has 2 aromatic rings. The largest absolute Gasteiger partial charge is 0.417 e. The number of benzene rings is 1. The minimum atomic E-state index is -4.71. The van der Waals surface area contributed by atoms with Gasteiger partial charge in [0, 0.05) is 0 Å². The second-order valence-electron chi connectivity index (χ2n) is 4.38. The molecule has 0 fully saturated rings. The predicted molar refractivity (Wildman–Crippen MR) is 80.5 cm³/mol. The number of aromatic nitrogens is 2. The van der Waals surface area contributed by atoms with Crippen molar-refractivity contribution in [3.05, 3.63) is 51.9 Å². The van der Waals surface area contributed by atoms with Crippen LogP contribution in [-0.2, 0) is 6.18 Å². The molecule has 2 amide bonds. The van der Waals surface area contributed by atoms with E-state index in [1.54, 1.807) is 0 Å². The molecule has 0 atom stereocenters. The first-order valence-electron chi connectivity index (χ1n) is 6.25. The minimum absolute atomic E-state index is 0.208. The third-order valence-corrected chi connectivity index (χ3v) is 3.14. The maximum absolute atomic E-state index is 12.9. The van der Waals surface area contributed by atoms with Crippen molar-refractivity contribution in [2.45, 2.75) is 6.18 Å². The van der Waals surface area contributed by atoms with Crippen LogP contribution < -0.4 is 16.6 Å². The van der Waals surface area contributed by atoms with Crippen molar-refractivity contribution in [3.8, 4) is 0 Å². The summed E-state index contributed by atoms with van der Waals surface area (Å²) in [7, 11) is 0. The minimum Gasteiger partial charge on any atom is -0.382 e. The van der Waals surface area contributed by atoms with Gasteiger partial charge in [-0.2, -0.15) is 13.2 Å². The van der Waals surface area contributed by atoms with Gasteiger partial charge in [-0.25, -0.2) is 9.97 Å². The lowest BCUT2D eigenvalue weighted by Crippen LogP contribution is -2.42. The topological polar surface area (TPSA) is 110 Å². The molecule has 2 rings (SSSR count). The van der Waals surface area contributed by atoms with Gasteiger partial charge in [-0.3, -0.25) is 20.4 Å². The number of nitrogen functional groups attached to an aromatic ring is 1. The van der Waals surface area contributed by atoms with Crippen LogP contribution in [0.4, 0.5) is 19.0 Å². The summed E-state index contributed by atoms with van der Waals surface area (Å²) in [5.41, 5.74) is 7.22. The van der Waals surface area contributed by atoms with Gasteiger partial charge in [0.1, 0.15) is 4.60 Å². The number of rotatable bonds is 2. The standard InChI is InChI=1S/C13H9BrF3N5O2/c14-8-5-19-10(18)9(20-8)12(24)22-21-11(23)6-3-1-2-4-7(6)13(15,16)17/h1-5H,(H2,18,19)(H,21,23)(H,22,24). The molecule has 24 heavy (non-hydrogen) atoms. The van der Waals surface area contributed by atoms with Gasteiger partial charge < -0.3 is 5.73 Å². The summed E-state index contributed by atoms with van der Waals surface area (Å²) in [6.07, 6.45) is -3.46.